The van der Waals surface area contributed by atoms with E-state index in [0.29, 0.717) is 0 Å². The van der Waals surface area contributed by atoms with Crippen molar-refractivity contribution in [3.8, 4) is 0 Å². The molecule has 0 aromatic heterocycles. The minimum Gasteiger partial charge on any atom is -0.295 e. The van der Waals surface area contributed by atoms with Crippen molar-refractivity contribution in [2.45, 2.75) is 0 Å². The number of hydrogen-bond donors (Lipinski definition) is 1. The van der Waals surface area contributed by atoms with Crippen molar-refractivity contribution in [1.82, 2.24) is 0 Å². The van der Waals surface area contributed by atoms with Crippen molar-refractivity contribution in [2.75, 3.05) is 23.5 Å². The highest BCUT2D eigenvalue weighted by molar-refractivity contribution is 8.14. The zero-order chi connectivity index (χ0) is 14.8. The SMILES string of the molecule is CP(C)(=S)N(Nc1ccc(F)cc1)c1ccc(F)cc1. The van der Waals surface area contributed by atoms with Crippen LogP contribution >= 0.6 is 6.19 Å². The van der Waals surface area contributed by atoms with Crippen molar-refractivity contribution < 1.29 is 8.78 Å². The van der Waals surface area contributed by atoms with E-state index in [4.69, 9.17) is 11.8 Å². The summed E-state index contributed by atoms with van der Waals surface area (Å²) in [6, 6.07) is 12.1. The summed E-state index contributed by atoms with van der Waals surface area (Å²) in [5, 5.41) is 0. The predicted molar refractivity (Wildman–Crippen MR) is 85.0 cm³/mol. The van der Waals surface area contributed by atoms with Gasteiger partial charge >= 0.3 is 0 Å². The molecule has 2 nitrogen and oxygen atoms in total. The van der Waals surface area contributed by atoms with E-state index in [0.717, 1.165) is 11.4 Å². The molecule has 0 heterocycles. The molecule has 0 saturated heterocycles. The third kappa shape index (κ3) is 3.78. The van der Waals surface area contributed by atoms with Gasteiger partial charge in [0, 0.05) is 0 Å². The Hall–Kier alpha value is -1.45. The quantitative estimate of drug-likeness (QED) is 0.663. The van der Waals surface area contributed by atoms with Crippen LogP contribution in [-0.2, 0) is 11.8 Å². The van der Waals surface area contributed by atoms with E-state index >= 15 is 0 Å². The molecule has 0 bridgehead atoms. The second-order valence-corrected chi connectivity index (χ2v) is 10.4. The lowest BCUT2D eigenvalue weighted by Gasteiger charge is -2.33. The van der Waals surface area contributed by atoms with E-state index in [1.165, 1.54) is 24.3 Å². The van der Waals surface area contributed by atoms with Crippen LogP contribution in [0, 0.1) is 11.6 Å². The summed E-state index contributed by atoms with van der Waals surface area (Å²) in [4.78, 5) is 0. The van der Waals surface area contributed by atoms with E-state index in [1.807, 2.05) is 18.1 Å². The predicted octanol–water partition coefficient (Wildman–Crippen LogP) is 4.45. The lowest BCUT2D eigenvalue weighted by molar-refractivity contribution is 0.627. The van der Waals surface area contributed by atoms with Gasteiger partial charge in [-0.3, -0.25) is 10.2 Å². The first-order valence-electron chi connectivity index (χ1n) is 5.99. The fourth-order valence-electron chi connectivity index (χ4n) is 1.69. The summed E-state index contributed by atoms with van der Waals surface area (Å²) in [5.74, 6) is -0.590. The van der Waals surface area contributed by atoms with Crippen LogP contribution in [-0.4, -0.2) is 13.3 Å². The second kappa shape index (κ2) is 5.90. The van der Waals surface area contributed by atoms with Gasteiger partial charge in [-0.05, 0) is 61.9 Å². The molecule has 0 atom stereocenters. The molecule has 1 N–H and O–H groups in total. The van der Waals surface area contributed by atoms with Gasteiger partial charge in [0.2, 0.25) is 0 Å². The molecule has 0 radical (unpaired) electrons. The zero-order valence-electron chi connectivity index (χ0n) is 11.2. The topological polar surface area (TPSA) is 15.3 Å². The van der Waals surface area contributed by atoms with Crippen molar-refractivity contribution in [1.29, 1.82) is 0 Å². The first-order valence-corrected chi connectivity index (χ1v) is 9.64. The molecule has 0 aliphatic carbocycles. The van der Waals surface area contributed by atoms with Gasteiger partial charge in [0.25, 0.3) is 0 Å². The van der Waals surface area contributed by atoms with Crippen molar-refractivity contribution in [3.05, 3.63) is 60.2 Å². The number of nitrogens with one attached hydrogen (secondary N) is 1. The molecule has 0 amide bonds. The molecule has 0 aliphatic heterocycles. The smallest absolute Gasteiger partial charge is 0.123 e. The Labute approximate surface area is 122 Å². The van der Waals surface area contributed by atoms with Crippen LogP contribution < -0.4 is 10.2 Å². The second-order valence-electron chi connectivity index (χ2n) is 4.70. The highest BCUT2D eigenvalue weighted by Crippen LogP contribution is 2.44. The van der Waals surface area contributed by atoms with E-state index < -0.39 is 6.19 Å². The maximum absolute atomic E-state index is 13.0. The third-order valence-corrected chi connectivity index (χ3v) is 4.42. The Morgan fingerprint density at radius 2 is 1.35 bits per heavy atom. The molecular weight excluding hydrogens is 297 g/mol. The molecule has 0 unspecified atom stereocenters. The van der Waals surface area contributed by atoms with E-state index in [1.54, 1.807) is 24.3 Å². The average Bonchev–Trinajstić information content (AvgIpc) is 2.38. The molecule has 0 fully saturated rings. The monoisotopic (exact) mass is 312 g/mol. The number of benzene rings is 2. The van der Waals surface area contributed by atoms with Crippen LogP contribution in [0.1, 0.15) is 0 Å². The number of anilines is 2. The van der Waals surface area contributed by atoms with E-state index in [2.05, 4.69) is 5.43 Å². The fourth-order valence-corrected chi connectivity index (χ4v) is 3.14. The Morgan fingerprint density at radius 1 is 0.900 bits per heavy atom. The van der Waals surface area contributed by atoms with Crippen LogP contribution in [0.4, 0.5) is 20.2 Å². The molecule has 0 aliphatic rings. The number of rotatable bonds is 4. The maximum atomic E-state index is 13.0. The summed E-state index contributed by atoms with van der Waals surface area (Å²) in [7, 11) is 0. The minimum absolute atomic E-state index is 0.295. The summed E-state index contributed by atoms with van der Waals surface area (Å²) >= 11 is 5.55. The van der Waals surface area contributed by atoms with Crippen LogP contribution in [0.2, 0.25) is 0 Å². The summed E-state index contributed by atoms with van der Waals surface area (Å²) in [6.07, 6.45) is -1.85. The van der Waals surface area contributed by atoms with Gasteiger partial charge in [-0.2, -0.15) is 0 Å². The lowest BCUT2D eigenvalue weighted by Crippen LogP contribution is -2.25. The van der Waals surface area contributed by atoms with E-state index in [-0.39, 0.29) is 11.6 Å². The van der Waals surface area contributed by atoms with Gasteiger partial charge < -0.3 is 0 Å². The van der Waals surface area contributed by atoms with Crippen LogP contribution in [0.25, 0.3) is 0 Å². The molecule has 2 rings (SSSR count). The standard InChI is InChI=1S/C14H15F2N2PS/c1-19(2,20)18(14-9-5-12(16)6-10-14)17-13-7-3-11(15)4-8-13/h3-10,17H,1-2H3. The summed E-state index contributed by atoms with van der Waals surface area (Å²) in [5.41, 5.74) is 4.68. The molecule has 2 aromatic carbocycles. The van der Waals surface area contributed by atoms with Gasteiger partial charge in [-0.15, -0.1) is 0 Å². The molecule has 20 heavy (non-hydrogen) atoms. The number of nitrogens with zero attached hydrogens (tertiary/aromatic N) is 1. The molecule has 6 heteroatoms. The number of hydrazine groups is 1. The Balaban J connectivity index is 2.31. The first kappa shape index (κ1) is 14.9. The van der Waals surface area contributed by atoms with Crippen molar-refractivity contribution in [2.24, 2.45) is 0 Å². The third-order valence-electron chi connectivity index (χ3n) is 2.63. The minimum atomic E-state index is -1.85. The Bertz CT molecular complexity index is 623. The van der Waals surface area contributed by atoms with Gasteiger partial charge in [0.15, 0.2) is 0 Å². The molecule has 2 aromatic rings. The zero-order valence-corrected chi connectivity index (χ0v) is 12.9. The number of halogens is 2. The Kier molecular flexibility index (Phi) is 4.41. The van der Waals surface area contributed by atoms with Gasteiger partial charge in [0.1, 0.15) is 11.6 Å². The normalized spacial score (nSPS) is 11.2. The molecule has 0 spiro atoms. The first-order chi connectivity index (χ1) is 9.36. The summed E-state index contributed by atoms with van der Waals surface area (Å²) in [6.45, 7) is 3.92. The Morgan fingerprint density at radius 3 is 1.80 bits per heavy atom. The molecular formula is C14H15F2N2PS. The van der Waals surface area contributed by atoms with Crippen molar-refractivity contribution >= 4 is 29.4 Å². The van der Waals surface area contributed by atoms with Crippen molar-refractivity contribution in [3.63, 3.8) is 0 Å². The van der Waals surface area contributed by atoms with Crippen LogP contribution in [0.3, 0.4) is 0 Å². The molecule has 106 valence electrons. The van der Waals surface area contributed by atoms with Crippen LogP contribution in [0.15, 0.2) is 48.5 Å². The van der Waals surface area contributed by atoms with Gasteiger partial charge in [-0.25, -0.2) is 8.78 Å². The van der Waals surface area contributed by atoms with E-state index in [9.17, 15) is 8.78 Å². The lowest BCUT2D eigenvalue weighted by atomic mass is 10.3. The highest BCUT2D eigenvalue weighted by Gasteiger charge is 2.16. The van der Waals surface area contributed by atoms with Gasteiger partial charge in [-0.1, -0.05) is 11.8 Å². The maximum Gasteiger partial charge on any atom is 0.123 e. The van der Waals surface area contributed by atoms with Crippen LogP contribution in [0.5, 0.6) is 0 Å². The summed E-state index contributed by atoms with van der Waals surface area (Å²) < 4.78 is 27.8. The largest absolute Gasteiger partial charge is 0.295 e. The van der Waals surface area contributed by atoms with Gasteiger partial charge in [0.05, 0.1) is 17.6 Å². The number of hydrogen-bond acceptors (Lipinski definition) is 2. The average molecular weight is 312 g/mol. The molecule has 0 saturated carbocycles. The highest BCUT2D eigenvalue weighted by atomic mass is 32.4. The fraction of sp³-hybridized carbons (Fsp3) is 0.143.